The van der Waals surface area contributed by atoms with Crippen molar-refractivity contribution >= 4 is 11.7 Å². The van der Waals surface area contributed by atoms with E-state index in [-0.39, 0.29) is 17.9 Å². The third-order valence-corrected chi connectivity index (χ3v) is 4.64. The van der Waals surface area contributed by atoms with Crippen LogP contribution in [0.3, 0.4) is 0 Å². The third kappa shape index (κ3) is 3.36. The summed E-state index contributed by atoms with van der Waals surface area (Å²) in [5, 5.41) is 4.57. The molecule has 3 rings (SSSR count). The van der Waals surface area contributed by atoms with E-state index in [1.54, 1.807) is 10.7 Å². The molecule has 0 saturated carbocycles. The molecule has 1 saturated heterocycles. The molecule has 3 heterocycles. The van der Waals surface area contributed by atoms with Crippen LogP contribution in [0.15, 0.2) is 12.1 Å². The normalized spacial score (nSPS) is 17.5. The second kappa shape index (κ2) is 6.82. The number of aromatic nitrogens is 4. The van der Waals surface area contributed by atoms with Gasteiger partial charge in [-0.05, 0) is 38.7 Å². The SMILES string of the molecule is CCn1nc(C(C)C)cc1C(=O)N1CCCC1c1cc(N)nc(C)n1. The van der Waals surface area contributed by atoms with Crippen LogP contribution < -0.4 is 5.73 Å². The Labute approximate surface area is 148 Å². The van der Waals surface area contributed by atoms with Gasteiger partial charge in [-0.3, -0.25) is 9.48 Å². The number of nitrogens with two attached hydrogens (primary N) is 1. The van der Waals surface area contributed by atoms with E-state index in [1.807, 2.05) is 24.8 Å². The van der Waals surface area contributed by atoms with Gasteiger partial charge in [0.25, 0.3) is 5.91 Å². The van der Waals surface area contributed by atoms with Crippen LogP contribution in [0.5, 0.6) is 0 Å². The van der Waals surface area contributed by atoms with E-state index >= 15 is 0 Å². The fraction of sp³-hybridized carbons (Fsp3) is 0.556. The molecule has 2 aromatic rings. The first-order valence-electron chi connectivity index (χ1n) is 8.90. The second-order valence-corrected chi connectivity index (χ2v) is 6.85. The van der Waals surface area contributed by atoms with Crippen LogP contribution >= 0.6 is 0 Å². The monoisotopic (exact) mass is 342 g/mol. The molecule has 7 nitrogen and oxygen atoms in total. The van der Waals surface area contributed by atoms with Crippen molar-refractivity contribution in [2.75, 3.05) is 12.3 Å². The largest absolute Gasteiger partial charge is 0.384 e. The van der Waals surface area contributed by atoms with Crippen LogP contribution in [-0.2, 0) is 6.54 Å². The number of amides is 1. The lowest BCUT2D eigenvalue weighted by Crippen LogP contribution is -2.32. The minimum atomic E-state index is -0.0563. The molecule has 25 heavy (non-hydrogen) atoms. The Bertz CT molecular complexity index is 762. The van der Waals surface area contributed by atoms with E-state index in [1.165, 1.54) is 0 Å². The van der Waals surface area contributed by atoms with Gasteiger partial charge < -0.3 is 10.6 Å². The molecule has 1 atom stereocenters. The van der Waals surface area contributed by atoms with Crippen molar-refractivity contribution in [2.24, 2.45) is 0 Å². The zero-order valence-corrected chi connectivity index (χ0v) is 15.4. The maximum Gasteiger partial charge on any atom is 0.272 e. The summed E-state index contributed by atoms with van der Waals surface area (Å²) >= 11 is 0. The fourth-order valence-corrected chi connectivity index (χ4v) is 3.38. The summed E-state index contributed by atoms with van der Waals surface area (Å²) in [4.78, 5) is 23.7. The summed E-state index contributed by atoms with van der Waals surface area (Å²) in [6.45, 7) is 9.39. The van der Waals surface area contributed by atoms with Crippen LogP contribution in [-0.4, -0.2) is 37.1 Å². The number of likely N-dealkylation sites (tertiary alicyclic amines) is 1. The molecule has 1 aliphatic heterocycles. The minimum Gasteiger partial charge on any atom is -0.384 e. The molecule has 2 aromatic heterocycles. The van der Waals surface area contributed by atoms with Crippen LogP contribution in [0.2, 0.25) is 0 Å². The topological polar surface area (TPSA) is 89.9 Å². The van der Waals surface area contributed by atoms with E-state index in [9.17, 15) is 4.79 Å². The molecule has 1 aliphatic rings. The average molecular weight is 342 g/mol. The Kier molecular flexibility index (Phi) is 4.74. The molecule has 2 N–H and O–H groups in total. The van der Waals surface area contributed by atoms with E-state index in [0.29, 0.717) is 23.9 Å². The van der Waals surface area contributed by atoms with Crippen LogP contribution in [0.4, 0.5) is 5.82 Å². The van der Waals surface area contributed by atoms with Crippen LogP contribution in [0, 0.1) is 6.92 Å². The molecule has 1 fully saturated rings. The first-order valence-corrected chi connectivity index (χ1v) is 8.90. The number of carbonyl (C=O) groups is 1. The first-order chi connectivity index (χ1) is 11.9. The highest BCUT2D eigenvalue weighted by Crippen LogP contribution is 2.33. The highest BCUT2D eigenvalue weighted by atomic mass is 16.2. The number of anilines is 1. The van der Waals surface area contributed by atoms with Gasteiger partial charge in [0, 0.05) is 19.2 Å². The molecule has 0 spiro atoms. The predicted molar refractivity (Wildman–Crippen MR) is 96.2 cm³/mol. The number of aryl methyl sites for hydroxylation is 2. The van der Waals surface area contributed by atoms with Gasteiger partial charge in [-0.2, -0.15) is 5.10 Å². The number of nitrogens with zero attached hydrogens (tertiary/aromatic N) is 5. The quantitative estimate of drug-likeness (QED) is 0.922. The second-order valence-electron chi connectivity index (χ2n) is 6.85. The highest BCUT2D eigenvalue weighted by Gasteiger charge is 2.33. The zero-order valence-electron chi connectivity index (χ0n) is 15.4. The van der Waals surface area contributed by atoms with Crippen molar-refractivity contribution in [3.05, 3.63) is 35.0 Å². The number of carbonyl (C=O) groups excluding carboxylic acids is 1. The average Bonchev–Trinajstić information content (AvgIpc) is 3.20. The molecule has 134 valence electrons. The number of nitrogen functional groups attached to an aromatic ring is 1. The van der Waals surface area contributed by atoms with E-state index < -0.39 is 0 Å². The summed E-state index contributed by atoms with van der Waals surface area (Å²) < 4.78 is 1.80. The molecule has 0 aliphatic carbocycles. The van der Waals surface area contributed by atoms with Crippen molar-refractivity contribution in [3.8, 4) is 0 Å². The molecule has 0 bridgehead atoms. The molecule has 1 unspecified atom stereocenters. The lowest BCUT2D eigenvalue weighted by atomic mass is 10.1. The maximum absolute atomic E-state index is 13.2. The van der Waals surface area contributed by atoms with Crippen LogP contribution in [0.1, 0.15) is 73.3 Å². The van der Waals surface area contributed by atoms with Crippen molar-refractivity contribution in [3.63, 3.8) is 0 Å². The van der Waals surface area contributed by atoms with Gasteiger partial charge in [-0.25, -0.2) is 9.97 Å². The first kappa shape index (κ1) is 17.4. The van der Waals surface area contributed by atoms with E-state index in [4.69, 9.17) is 5.73 Å². The van der Waals surface area contributed by atoms with Gasteiger partial charge in [0.2, 0.25) is 0 Å². The van der Waals surface area contributed by atoms with Crippen molar-refractivity contribution < 1.29 is 4.79 Å². The Morgan fingerprint density at radius 2 is 2.12 bits per heavy atom. The number of hydrogen-bond acceptors (Lipinski definition) is 5. The molecular weight excluding hydrogens is 316 g/mol. The smallest absolute Gasteiger partial charge is 0.272 e. The summed E-state index contributed by atoms with van der Waals surface area (Å²) in [5.41, 5.74) is 8.29. The highest BCUT2D eigenvalue weighted by molar-refractivity contribution is 5.93. The molecular formula is C18H26N6O. The maximum atomic E-state index is 13.2. The zero-order chi connectivity index (χ0) is 18.1. The molecule has 7 heteroatoms. The van der Waals surface area contributed by atoms with Crippen LogP contribution in [0.25, 0.3) is 0 Å². The third-order valence-electron chi connectivity index (χ3n) is 4.64. The van der Waals surface area contributed by atoms with Crippen molar-refractivity contribution in [1.82, 2.24) is 24.6 Å². The standard InChI is InChI=1S/C18H26N6O/c1-5-24-16(9-13(22-24)11(2)3)18(25)23-8-6-7-15(23)14-10-17(19)21-12(4)20-14/h9-11,15H,5-8H2,1-4H3,(H2,19,20,21). The molecule has 0 aromatic carbocycles. The van der Waals surface area contributed by atoms with Crippen molar-refractivity contribution in [1.29, 1.82) is 0 Å². The Morgan fingerprint density at radius 3 is 2.76 bits per heavy atom. The summed E-state index contributed by atoms with van der Waals surface area (Å²) in [5.74, 6) is 1.38. The Morgan fingerprint density at radius 1 is 1.36 bits per heavy atom. The van der Waals surface area contributed by atoms with E-state index in [0.717, 1.165) is 30.8 Å². The predicted octanol–water partition coefficient (Wildman–Crippen LogP) is 2.68. The summed E-state index contributed by atoms with van der Waals surface area (Å²) in [6.07, 6.45) is 1.84. The van der Waals surface area contributed by atoms with Gasteiger partial charge >= 0.3 is 0 Å². The molecule has 1 amide bonds. The number of rotatable bonds is 4. The lowest BCUT2D eigenvalue weighted by Gasteiger charge is -2.24. The summed E-state index contributed by atoms with van der Waals surface area (Å²) in [7, 11) is 0. The fourth-order valence-electron chi connectivity index (χ4n) is 3.38. The summed E-state index contributed by atoms with van der Waals surface area (Å²) in [6, 6.07) is 3.64. The van der Waals surface area contributed by atoms with Gasteiger partial charge in [-0.15, -0.1) is 0 Å². The van der Waals surface area contributed by atoms with E-state index in [2.05, 4.69) is 28.9 Å². The Balaban J connectivity index is 1.93. The van der Waals surface area contributed by atoms with Gasteiger partial charge in [-0.1, -0.05) is 13.8 Å². The van der Waals surface area contributed by atoms with Gasteiger partial charge in [0.1, 0.15) is 17.3 Å². The molecule has 0 radical (unpaired) electrons. The Hall–Kier alpha value is -2.44. The van der Waals surface area contributed by atoms with Gasteiger partial charge in [0.15, 0.2) is 0 Å². The van der Waals surface area contributed by atoms with Gasteiger partial charge in [0.05, 0.1) is 17.4 Å². The number of hydrogen-bond donors (Lipinski definition) is 1. The lowest BCUT2D eigenvalue weighted by molar-refractivity contribution is 0.0720. The minimum absolute atomic E-state index is 0.0126. The van der Waals surface area contributed by atoms with Crippen molar-refractivity contribution in [2.45, 2.75) is 59.0 Å².